The van der Waals surface area contributed by atoms with E-state index in [4.69, 9.17) is 4.74 Å². The second-order valence-electron chi connectivity index (χ2n) is 10.5. The molecule has 2 aliphatic rings. The van der Waals surface area contributed by atoms with E-state index in [2.05, 4.69) is 32.6 Å². The number of alkyl carbamates (subject to hydrolysis) is 1. The Balaban J connectivity index is 1.07. The van der Waals surface area contributed by atoms with Crippen molar-refractivity contribution in [3.05, 3.63) is 95.6 Å². The summed E-state index contributed by atoms with van der Waals surface area (Å²) in [6.07, 6.45) is -1.35. The lowest BCUT2D eigenvalue weighted by Crippen LogP contribution is -2.51. The van der Waals surface area contributed by atoms with E-state index in [-0.39, 0.29) is 12.5 Å². The molecule has 2 amide bonds. The van der Waals surface area contributed by atoms with Crippen LogP contribution >= 0.6 is 0 Å². The third kappa shape index (κ3) is 7.31. The number of ether oxygens (including phenoxy) is 1. The minimum Gasteiger partial charge on any atom is -0.481 e. The van der Waals surface area contributed by atoms with E-state index in [1.165, 1.54) is 5.56 Å². The number of nitrogens with one attached hydrogen (secondary N) is 2. The maximum absolute atomic E-state index is 12.8. The average molecular weight is 557 g/mol. The van der Waals surface area contributed by atoms with Crippen LogP contribution in [0.3, 0.4) is 0 Å². The van der Waals surface area contributed by atoms with Crippen molar-refractivity contribution >= 4 is 18.0 Å². The van der Waals surface area contributed by atoms with Crippen molar-refractivity contribution in [2.24, 2.45) is 0 Å². The van der Waals surface area contributed by atoms with Gasteiger partial charge in [0.1, 0.15) is 12.6 Å². The van der Waals surface area contributed by atoms with Crippen molar-refractivity contribution < 1.29 is 24.2 Å². The predicted molar refractivity (Wildman–Crippen MR) is 155 cm³/mol. The fourth-order valence-corrected chi connectivity index (χ4v) is 5.64. The Kier molecular flexibility index (Phi) is 9.28. The fraction of sp³-hybridized carbons (Fsp3) is 0.344. The number of benzene rings is 3. The first-order chi connectivity index (χ1) is 20.0. The number of fused-ring (bicyclic) bond motifs is 3. The first-order valence-electron chi connectivity index (χ1n) is 14.1. The quantitative estimate of drug-likeness (QED) is 0.332. The van der Waals surface area contributed by atoms with Crippen molar-refractivity contribution in [1.29, 1.82) is 0 Å². The topological polar surface area (TPSA) is 111 Å². The molecule has 9 nitrogen and oxygen atoms in total. The number of amides is 2. The molecule has 1 saturated heterocycles. The van der Waals surface area contributed by atoms with Crippen LogP contribution in [-0.2, 0) is 20.9 Å². The number of aliphatic carboxylic acids is 1. The van der Waals surface area contributed by atoms with Gasteiger partial charge in [0.15, 0.2) is 0 Å². The first-order valence-corrected chi connectivity index (χ1v) is 14.1. The van der Waals surface area contributed by atoms with Gasteiger partial charge < -0.3 is 20.5 Å². The van der Waals surface area contributed by atoms with Crippen LogP contribution in [0.2, 0.25) is 0 Å². The summed E-state index contributed by atoms with van der Waals surface area (Å²) in [6.45, 7) is 5.66. The molecule has 1 fully saturated rings. The number of piperazine rings is 1. The number of hydrogen-bond acceptors (Lipinski definition) is 6. The summed E-state index contributed by atoms with van der Waals surface area (Å²) in [6, 6.07) is 25.1. The third-order valence-electron chi connectivity index (χ3n) is 7.77. The number of carboxylic acid groups (broad SMARTS) is 1. The lowest BCUT2D eigenvalue weighted by molar-refractivity contribution is -0.139. The van der Waals surface area contributed by atoms with Crippen LogP contribution in [0.25, 0.3) is 11.1 Å². The number of carboxylic acids is 1. The lowest BCUT2D eigenvalue weighted by atomic mass is 9.98. The Morgan fingerprint density at radius 2 is 1.41 bits per heavy atom. The third-order valence-corrected chi connectivity index (χ3v) is 7.77. The van der Waals surface area contributed by atoms with E-state index in [0.29, 0.717) is 13.1 Å². The van der Waals surface area contributed by atoms with Crippen LogP contribution in [0.4, 0.5) is 4.79 Å². The highest BCUT2D eigenvalue weighted by molar-refractivity contribution is 5.89. The SMILES string of the molecule is O=C(O)CC(NC(=O)OCC1c2ccccc2-c2ccccc21)C(=O)NCCN1CCN(Cc2ccccc2)CC1. The molecule has 214 valence electrons. The van der Waals surface area contributed by atoms with Gasteiger partial charge in [-0.3, -0.25) is 19.4 Å². The van der Waals surface area contributed by atoms with E-state index in [9.17, 15) is 19.5 Å². The summed E-state index contributed by atoms with van der Waals surface area (Å²) < 4.78 is 5.52. The minimum atomic E-state index is -1.23. The highest BCUT2D eigenvalue weighted by Crippen LogP contribution is 2.44. The molecule has 9 heteroatoms. The van der Waals surface area contributed by atoms with Crippen LogP contribution in [0, 0.1) is 0 Å². The van der Waals surface area contributed by atoms with Gasteiger partial charge in [0.25, 0.3) is 0 Å². The van der Waals surface area contributed by atoms with Crippen LogP contribution in [-0.4, -0.2) is 84.8 Å². The van der Waals surface area contributed by atoms with Crippen molar-refractivity contribution in [1.82, 2.24) is 20.4 Å². The van der Waals surface area contributed by atoms with Crippen LogP contribution < -0.4 is 10.6 Å². The molecule has 1 aliphatic carbocycles. The van der Waals surface area contributed by atoms with Crippen LogP contribution in [0.15, 0.2) is 78.9 Å². The summed E-state index contributed by atoms with van der Waals surface area (Å²) in [5.41, 5.74) is 5.65. The molecule has 1 heterocycles. The average Bonchev–Trinajstić information content (AvgIpc) is 3.30. The molecule has 0 radical (unpaired) electrons. The molecular weight excluding hydrogens is 520 g/mol. The second-order valence-corrected chi connectivity index (χ2v) is 10.5. The van der Waals surface area contributed by atoms with Gasteiger partial charge in [-0.1, -0.05) is 78.9 Å². The van der Waals surface area contributed by atoms with E-state index >= 15 is 0 Å². The summed E-state index contributed by atoms with van der Waals surface area (Å²) in [5, 5.41) is 14.6. The summed E-state index contributed by atoms with van der Waals surface area (Å²) in [5.74, 6) is -1.85. The Hall–Kier alpha value is -4.21. The molecule has 0 saturated carbocycles. The molecule has 0 spiro atoms. The van der Waals surface area contributed by atoms with E-state index in [0.717, 1.165) is 55.0 Å². The van der Waals surface area contributed by atoms with Crippen molar-refractivity contribution in [2.75, 3.05) is 45.9 Å². The Labute approximate surface area is 240 Å². The van der Waals surface area contributed by atoms with Gasteiger partial charge in [-0.15, -0.1) is 0 Å². The monoisotopic (exact) mass is 556 g/mol. The molecule has 41 heavy (non-hydrogen) atoms. The highest BCUT2D eigenvalue weighted by Gasteiger charge is 2.30. The molecule has 1 atom stereocenters. The molecule has 1 unspecified atom stereocenters. The van der Waals surface area contributed by atoms with Gasteiger partial charge in [0.2, 0.25) is 5.91 Å². The number of carbonyl (C=O) groups excluding carboxylic acids is 2. The standard InChI is InChI=1S/C32H36N4O5/c37-30(38)20-29(31(39)33-14-15-35-16-18-36(19-17-35)21-23-8-2-1-3-9-23)34-32(40)41-22-28-26-12-6-4-10-24(26)25-11-5-7-13-27(25)28/h1-13,28-29H,14-22H2,(H,33,39)(H,34,40)(H,37,38). The minimum absolute atomic E-state index is 0.0809. The van der Waals surface area contributed by atoms with Crippen molar-refractivity contribution in [2.45, 2.75) is 24.9 Å². The number of hydrogen-bond donors (Lipinski definition) is 3. The summed E-state index contributed by atoms with van der Waals surface area (Å²) >= 11 is 0. The van der Waals surface area contributed by atoms with Crippen LogP contribution in [0.1, 0.15) is 29.0 Å². The fourth-order valence-electron chi connectivity index (χ4n) is 5.64. The summed E-state index contributed by atoms with van der Waals surface area (Å²) in [7, 11) is 0. The Morgan fingerprint density at radius 1 is 0.829 bits per heavy atom. The molecule has 3 aromatic carbocycles. The predicted octanol–water partition coefficient (Wildman–Crippen LogP) is 3.30. The second kappa shape index (κ2) is 13.4. The zero-order valence-corrected chi connectivity index (χ0v) is 23.0. The number of nitrogens with zero attached hydrogens (tertiary/aromatic N) is 2. The van der Waals surface area contributed by atoms with E-state index in [1.807, 2.05) is 66.7 Å². The number of carbonyl (C=O) groups is 3. The van der Waals surface area contributed by atoms with Crippen molar-refractivity contribution in [3.63, 3.8) is 0 Å². The normalized spacial score (nSPS) is 15.9. The van der Waals surface area contributed by atoms with Gasteiger partial charge in [0, 0.05) is 51.7 Å². The zero-order chi connectivity index (χ0) is 28.6. The molecule has 3 N–H and O–H groups in total. The summed E-state index contributed by atoms with van der Waals surface area (Å²) in [4.78, 5) is 41.6. The van der Waals surface area contributed by atoms with Gasteiger partial charge in [-0.05, 0) is 27.8 Å². The lowest BCUT2D eigenvalue weighted by Gasteiger charge is -2.34. The van der Waals surface area contributed by atoms with Crippen LogP contribution in [0.5, 0.6) is 0 Å². The smallest absolute Gasteiger partial charge is 0.407 e. The molecule has 3 aromatic rings. The molecular formula is C32H36N4O5. The Bertz CT molecular complexity index is 1310. The van der Waals surface area contributed by atoms with Crippen molar-refractivity contribution in [3.8, 4) is 11.1 Å². The van der Waals surface area contributed by atoms with Gasteiger partial charge in [-0.25, -0.2) is 4.79 Å². The molecule has 1 aliphatic heterocycles. The van der Waals surface area contributed by atoms with Gasteiger partial charge >= 0.3 is 12.1 Å². The Morgan fingerprint density at radius 3 is 2.05 bits per heavy atom. The maximum Gasteiger partial charge on any atom is 0.407 e. The molecule has 0 bridgehead atoms. The highest BCUT2D eigenvalue weighted by atomic mass is 16.5. The molecule has 5 rings (SSSR count). The van der Waals surface area contributed by atoms with Gasteiger partial charge in [0.05, 0.1) is 6.42 Å². The van der Waals surface area contributed by atoms with E-state index in [1.54, 1.807) is 0 Å². The zero-order valence-electron chi connectivity index (χ0n) is 23.0. The number of rotatable bonds is 11. The first kappa shape index (κ1) is 28.3. The van der Waals surface area contributed by atoms with Gasteiger partial charge in [-0.2, -0.15) is 0 Å². The van der Waals surface area contributed by atoms with E-state index < -0.39 is 30.4 Å². The molecule has 0 aromatic heterocycles. The largest absolute Gasteiger partial charge is 0.481 e. The maximum atomic E-state index is 12.8.